The van der Waals surface area contributed by atoms with Gasteiger partial charge in [-0.1, -0.05) is 11.3 Å². The van der Waals surface area contributed by atoms with Crippen LogP contribution in [0.15, 0.2) is 18.2 Å². The monoisotopic (exact) mass is 305 g/mol. The van der Waals surface area contributed by atoms with Gasteiger partial charge in [-0.05, 0) is 37.5 Å². The molecule has 1 aromatic carbocycles. The maximum atomic E-state index is 13.2. The Balaban J connectivity index is 1.49. The Morgan fingerprint density at radius 2 is 2.24 bits per heavy atom. The second-order valence-electron chi connectivity index (χ2n) is 5.82. The molecule has 0 bridgehead atoms. The highest BCUT2D eigenvalue weighted by Gasteiger charge is 2.33. The number of nitrogens with zero attached hydrogens (tertiary/aromatic N) is 2. The zero-order chi connectivity index (χ0) is 14.4. The Kier molecular flexibility index (Phi) is 3.06. The number of halogens is 1. The van der Waals surface area contributed by atoms with Gasteiger partial charge in [-0.2, -0.15) is 0 Å². The minimum atomic E-state index is -0.235. The summed E-state index contributed by atoms with van der Waals surface area (Å²) in [7, 11) is 0. The quantitative estimate of drug-likeness (QED) is 0.948. The average molecular weight is 305 g/mol. The van der Waals surface area contributed by atoms with Crippen molar-refractivity contribution in [3.05, 3.63) is 24.0 Å². The molecule has 2 aromatic rings. The van der Waals surface area contributed by atoms with E-state index >= 15 is 0 Å². The fourth-order valence-corrected chi connectivity index (χ4v) is 3.74. The smallest absolute Gasteiger partial charge is 0.225 e. The number of carbonyl (C=O) groups excluding carboxylic acids is 1. The summed E-state index contributed by atoms with van der Waals surface area (Å²) >= 11 is 1.49. The molecule has 1 saturated carbocycles. The molecule has 110 valence electrons. The van der Waals surface area contributed by atoms with E-state index in [1.807, 2.05) is 0 Å². The van der Waals surface area contributed by atoms with E-state index in [-0.39, 0.29) is 17.6 Å². The second-order valence-corrected chi connectivity index (χ2v) is 6.83. The first kappa shape index (κ1) is 13.0. The first-order chi connectivity index (χ1) is 10.2. The van der Waals surface area contributed by atoms with Crippen LogP contribution in [0.1, 0.15) is 19.3 Å². The first-order valence-corrected chi connectivity index (χ1v) is 8.12. The molecule has 1 unspecified atom stereocenters. The van der Waals surface area contributed by atoms with Crippen molar-refractivity contribution in [1.82, 2.24) is 10.3 Å². The molecule has 21 heavy (non-hydrogen) atoms. The summed E-state index contributed by atoms with van der Waals surface area (Å²) in [6, 6.07) is 5.07. The van der Waals surface area contributed by atoms with Gasteiger partial charge in [0.05, 0.1) is 16.1 Å². The number of thiazole rings is 1. The molecule has 1 N–H and O–H groups in total. The summed E-state index contributed by atoms with van der Waals surface area (Å²) in [5, 5.41) is 3.96. The van der Waals surface area contributed by atoms with Crippen LogP contribution in [0, 0.1) is 11.7 Å². The lowest BCUT2D eigenvalue weighted by atomic mass is 10.1. The van der Waals surface area contributed by atoms with Crippen molar-refractivity contribution in [2.75, 3.05) is 18.0 Å². The first-order valence-electron chi connectivity index (χ1n) is 7.30. The molecule has 6 heteroatoms. The van der Waals surface area contributed by atoms with Gasteiger partial charge < -0.3 is 10.2 Å². The molecule has 1 aliphatic heterocycles. The molecule has 2 aliphatic rings. The van der Waals surface area contributed by atoms with Crippen LogP contribution in [0.3, 0.4) is 0 Å². The van der Waals surface area contributed by atoms with E-state index in [4.69, 9.17) is 0 Å². The fourth-order valence-electron chi connectivity index (χ4n) is 2.72. The molecule has 2 heterocycles. The van der Waals surface area contributed by atoms with E-state index in [0.29, 0.717) is 12.6 Å². The Morgan fingerprint density at radius 3 is 3.05 bits per heavy atom. The minimum Gasteiger partial charge on any atom is -0.353 e. The van der Waals surface area contributed by atoms with Crippen molar-refractivity contribution in [1.29, 1.82) is 0 Å². The van der Waals surface area contributed by atoms with E-state index in [1.165, 1.54) is 23.5 Å². The largest absolute Gasteiger partial charge is 0.353 e. The van der Waals surface area contributed by atoms with Crippen LogP contribution >= 0.6 is 11.3 Å². The molecule has 1 saturated heterocycles. The molecule has 0 radical (unpaired) electrons. The van der Waals surface area contributed by atoms with E-state index in [2.05, 4.69) is 15.2 Å². The predicted octanol–water partition coefficient (Wildman–Crippen LogP) is 2.54. The lowest BCUT2D eigenvalue weighted by Gasteiger charge is -2.14. The Labute approximate surface area is 126 Å². The highest BCUT2D eigenvalue weighted by atomic mass is 32.1. The second kappa shape index (κ2) is 4.94. The molecule has 1 atom stereocenters. The summed E-state index contributed by atoms with van der Waals surface area (Å²) in [6.45, 7) is 1.55. The summed E-state index contributed by atoms with van der Waals surface area (Å²) in [6.07, 6.45) is 3.10. The lowest BCUT2D eigenvalue weighted by molar-refractivity contribution is -0.124. The van der Waals surface area contributed by atoms with E-state index in [1.54, 1.807) is 6.07 Å². The van der Waals surface area contributed by atoms with Crippen LogP contribution in [0.25, 0.3) is 10.2 Å². The molecule has 0 spiro atoms. The van der Waals surface area contributed by atoms with Crippen molar-refractivity contribution >= 4 is 32.6 Å². The van der Waals surface area contributed by atoms with Gasteiger partial charge in [-0.15, -0.1) is 0 Å². The number of fused-ring (bicyclic) bond motifs is 1. The third-order valence-electron chi connectivity index (χ3n) is 4.09. The summed E-state index contributed by atoms with van der Waals surface area (Å²) in [5.41, 5.74) is 0.822. The van der Waals surface area contributed by atoms with E-state index in [0.717, 1.165) is 41.2 Å². The molecule has 1 aromatic heterocycles. The van der Waals surface area contributed by atoms with Crippen LogP contribution in [0.5, 0.6) is 0 Å². The van der Waals surface area contributed by atoms with Gasteiger partial charge >= 0.3 is 0 Å². The van der Waals surface area contributed by atoms with E-state index < -0.39 is 0 Å². The zero-order valence-electron chi connectivity index (χ0n) is 11.5. The molecule has 1 amide bonds. The summed E-state index contributed by atoms with van der Waals surface area (Å²) in [4.78, 5) is 18.8. The molecular weight excluding hydrogens is 289 g/mol. The summed E-state index contributed by atoms with van der Waals surface area (Å²) in [5.74, 6) is -0.0117. The molecular formula is C15H16FN3OS. The van der Waals surface area contributed by atoms with Crippen molar-refractivity contribution in [2.45, 2.75) is 25.3 Å². The van der Waals surface area contributed by atoms with Gasteiger partial charge in [0.1, 0.15) is 5.82 Å². The van der Waals surface area contributed by atoms with Crippen molar-refractivity contribution < 1.29 is 9.18 Å². The number of rotatable bonds is 3. The number of nitrogens with one attached hydrogen (secondary N) is 1. The van der Waals surface area contributed by atoms with Crippen molar-refractivity contribution in [2.24, 2.45) is 5.92 Å². The minimum absolute atomic E-state index is 0.0503. The third-order valence-corrected chi connectivity index (χ3v) is 5.17. The topological polar surface area (TPSA) is 45.2 Å². The van der Waals surface area contributed by atoms with Crippen LogP contribution in [-0.4, -0.2) is 30.0 Å². The van der Waals surface area contributed by atoms with Crippen LogP contribution < -0.4 is 10.2 Å². The number of benzene rings is 1. The van der Waals surface area contributed by atoms with Gasteiger partial charge in [-0.3, -0.25) is 4.79 Å². The van der Waals surface area contributed by atoms with Gasteiger partial charge in [-0.25, -0.2) is 9.37 Å². The van der Waals surface area contributed by atoms with Crippen LogP contribution in [-0.2, 0) is 4.79 Å². The average Bonchev–Trinajstić information content (AvgIpc) is 3.01. The molecule has 4 nitrogen and oxygen atoms in total. The van der Waals surface area contributed by atoms with Gasteiger partial charge in [0.25, 0.3) is 0 Å². The van der Waals surface area contributed by atoms with Gasteiger partial charge in [0.15, 0.2) is 5.13 Å². The zero-order valence-corrected chi connectivity index (χ0v) is 12.3. The Hall–Kier alpha value is -1.69. The molecule has 2 fully saturated rings. The van der Waals surface area contributed by atoms with Gasteiger partial charge in [0, 0.05) is 19.1 Å². The number of hydrogen-bond donors (Lipinski definition) is 1. The van der Waals surface area contributed by atoms with Crippen molar-refractivity contribution in [3.63, 3.8) is 0 Å². The number of amides is 1. The lowest BCUT2D eigenvalue weighted by Crippen LogP contribution is -2.34. The maximum absolute atomic E-state index is 13.2. The highest BCUT2D eigenvalue weighted by molar-refractivity contribution is 7.22. The molecule has 1 aliphatic carbocycles. The van der Waals surface area contributed by atoms with Crippen molar-refractivity contribution in [3.8, 4) is 0 Å². The third kappa shape index (κ3) is 2.60. The van der Waals surface area contributed by atoms with Crippen LogP contribution in [0.2, 0.25) is 0 Å². The van der Waals surface area contributed by atoms with E-state index in [9.17, 15) is 9.18 Å². The summed E-state index contributed by atoms with van der Waals surface area (Å²) < 4.78 is 14.1. The molecule has 4 rings (SSSR count). The van der Waals surface area contributed by atoms with Crippen LogP contribution in [0.4, 0.5) is 9.52 Å². The number of anilines is 1. The standard InChI is InChI=1S/C15H16FN3OS/c16-10-1-4-12-13(7-10)21-15(18-12)19-6-5-9(8-19)14(20)17-11-2-3-11/h1,4,7,9,11H,2-3,5-6,8H2,(H,17,20). The Morgan fingerprint density at radius 1 is 1.38 bits per heavy atom. The number of aromatic nitrogens is 1. The fraction of sp³-hybridized carbons (Fsp3) is 0.467. The number of carbonyl (C=O) groups is 1. The maximum Gasteiger partial charge on any atom is 0.225 e. The normalized spacial score (nSPS) is 22.0. The number of hydrogen-bond acceptors (Lipinski definition) is 4. The SMILES string of the molecule is O=C(NC1CC1)C1CCN(c2nc3ccc(F)cc3s2)C1. The predicted molar refractivity (Wildman–Crippen MR) is 81.1 cm³/mol. The van der Waals surface area contributed by atoms with Gasteiger partial charge in [0.2, 0.25) is 5.91 Å². The Bertz CT molecular complexity index is 697. The highest BCUT2D eigenvalue weighted by Crippen LogP contribution is 2.32.